The molecule has 0 aromatic heterocycles. The molecule has 0 saturated heterocycles. The number of ether oxygens (including phenoxy) is 1. The minimum atomic E-state index is -0.287. The van der Waals surface area contributed by atoms with Crippen LogP contribution in [-0.2, 0) is 9.53 Å². The largest absolute Gasteiger partial charge is 0.454 e. The first-order valence-electron chi connectivity index (χ1n) is 5.89. The van der Waals surface area contributed by atoms with E-state index in [-0.39, 0.29) is 12.1 Å². The molecule has 2 nitrogen and oxygen atoms in total. The quantitative estimate of drug-likeness (QED) is 0.406. The highest BCUT2D eigenvalue weighted by atomic mass is 16.5. The predicted octanol–water partition coefficient (Wildman–Crippen LogP) is 3.10. The van der Waals surface area contributed by atoms with Gasteiger partial charge in [0.1, 0.15) is 6.10 Å². The molecule has 3 aliphatic rings. The number of carbonyl (C=O) groups is 1. The molecule has 3 fully saturated rings. The Kier molecular flexibility index (Phi) is 2.48. The summed E-state index contributed by atoms with van der Waals surface area (Å²) in [5, 5.41) is 0. The highest BCUT2D eigenvalue weighted by molar-refractivity contribution is 5.87. The van der Waals surface area contributed by atoms with Gasteiger partial charge in [0.2, 0.25) is 0 Å². The monoisotopic (exact) mass is 220 g/mol. The Labute approximate surface area is 97.4 Å². The van der Waals surface area contributed by atoms with Crippen LogP contribution < -0.4 is 0 Å². The summed E-state index contributed by atoms with van der Waals surface area (Å²) in [6, 6.07) is 0. The number of hydrogen-bond acceptors (Lipinski definition) is 2. The Morgan fingerprint density at radius 1 is 1.44 bits per heavy atom. The normalized spacial score (nSPS) is 35.2. The van der Waals surface area contributed by atoms with Crippen molar-refractivity contribution in [2.45, 2.75) is 39.7 Å². The molecule has 3 atom stereocenters. The average molecular weight is 220 g/mol. The Morgan fingerprint density at radius 3 is 2.50 bits per heavy atom. The Balaban J connectivity index is 2.04. The van der Waals surface area contributed by atoms with Crippen molar-refractivity contribution in [2.75, 3.05) is 0 Å². The van der Waals surface area contributed by atoms with Gasteiger partial charge in [-0.25, -0.2) is 4.79 Å². The van der Waals surface area contributed by atoms with Gasteiger partial charge >= 0.3 is 5.97 Å². The van der Waals surface area contributed by atoms with E-state index in [4.69, 9.17) is 4.74 Å². The maximum atomic E-state index is 11.5. The Bertz CT molecular complexity index is 365. The van der Waals surface area contributed by atoms with Gasteiger partial charge in [0, 0.05) is 5.57 Å². The molecule has 16 heavy (non-hydrogen) atoms. The maximum absolute atomic E-state index is 11.5. The third-order valence-corrected chi connectivity index (χ3v) is 4.43. The molecule has 0 unspecified atom stereocenters. The van der Waals surface area contributed by atoms with Crippen LogP contribution >= 0.6 is 0 Å². The van der Waals surface area contributed by atoms with Crippen LogP contribution in [0.4, 0.5) is 0 Å². The van der Waals surface area contributed by atoms with E-state index in [1.54, 1.807) is 6.92 Å². The van der Waals surface area contributed by atoms with Gasteiger partial charge in [-0.2, -0.15) is 0 Å². The van der Waals surface area contributed by atoms with Gasteiger partial charge in [0.15, 0.2) is 0 Å². The molecule has 0 aromatic carbocycles. The lowest BCUT2D eigenvalue weighted by Gasteiger charge is -2.59. The summed E-state index contributed by atoms with van der Waals surface area (Å²) in [4.78, 5) is 11.5. The molecule has 3 rings (SSSR count). The van der Waals surface area contributed by atoms with Crippen molar-refractivity contribution in [1.82, 2.24) is 0 Å². The number of carbonyl (C=O) groups excluding carboxylic acids is 1. The first-order chi connectivity index (χ1) is 7.34. The summed E-state index contributed by atoms with van der Waals surface area (Å²) in [5.41, 5.74) is 1.91. The smallest absolute Gasteiger partial charge is 0.333 e. The molecule has 3 aliphatic carbocycles. The van der Waals surface area contributed by atoms with Crippen molar-refractivity contribution in [3.63, 3.8) is 0 Å². The lowest BCUT2D eigenvalue weighted by Crippen LogP contribution is -2.54. The van der Waals surface area contributed by atoms with Crippen LogP contribution in [0.1, 0.15) is 33.6 Å². The van der Waals surface area contributed by atoms with E-state index in [0.717, 1.165) is 12.0 Å². The van der Waals surface area contributed by atoms with Crippen molar-refractivity contribution in [3.05, 3.63) is 24.3 Å². The second kappa shape index (κ2) is 3.47. The van der Waals surface area contributed by atoms with E-state index in [9.17, 15) is 4.79 Å². The molecule has 2 bridgehead atoms. The lowest BCUT2D eigenvalue weighted by molar-refractivity contribution is -0.151. The number of esters is 1. The molecular weight excluding hydrogens is 200 g/mol. The second-order valence-electron chi connectivity index (χ2n) is 5.79. The van der Waals surface area contributed by atoms with Crippen LogP contribution in [0.3, 0.4) is 0 Å². The van der Waals surface area contributed by atoms with Gasteiger partial charge in [-0.15, -0.1) is 0 Å². The van der Waals surface area contributed by atoms with Crippen molar-refractivity contribution in [2.24, 2.45) is 17.3 Å². The Hall–Kier alpha value is -1.05. The van der Waals surface area contributed by atoms with Crippen LogP contribution in [0.5, 0.6) is 0 Å². The molecule has 0 heterocycles. The molecule has 0 N–H and O–H groups in total. The van der Waals surface area contributed by atoms with E-state index in [1.807, 2.05) is 0 Å². The predicted molar refractivity (Wildman–Crippen MR) is 63.8 cm³/mol. The summed E-state index contributed by atoms with van der Waals surface area (Å²) in [7, 11) is 0. The van der Waals surface area contributed by atoms with Gasteiger partial charge in [-0.1, -0.05) is 27.0 Å². The fourth-order valence-corrected chi connectivity index (χ4v) is 3.03. The zero-order valence-corrected chi connectivity index (χ0v) is 10.4. The number of hydrogen-bond donors (Lipinski definition) is 0. The second-order valence-corrected chi connectivity index (χ2v) is 5.79. The molecule has 0 aromatic rings. The van der Waals surface area contributed by atoms with Crippen LogP contribution in [0, 0.1) is 17.3 Å². The van der Waals surface area contributed by atoms with E-state index in [1.165, 1.54) is 6.42 Å². The molecule has 3 saturated carbocycles. The summed E-state index contributed by atoms with van der Waals surface area (Å²) in [6.07, 6.45) is 2.06. The summed E-state index contributed by atoms with van der Waals surface area (Å²) < 4.78 is 5.42. The zero-order chi connectivity index (χ0) is 12.1. The molecule has 0 aliphatic heterocycles. The van der Waals surface area contributed by atoms with Crippen molar-refractivity contribution in [1.29, 1.82) is 0 Å². The first-order valence-corrected chi connectivity index (χ1v) is 5.89. The molecule has 0 spiro atoms. The summed E-state index contributed by atoms with van der Waals surface area (Å²) in [6.45, 7) is 14.0. The van der Waals surface area contributed by atoms with Crippen molar-refractivity contribution >= 4 is 5.97 Å². The zero-order valence-electron chi connectivity index (χ0n) is 10.4. The van der Waals surface area contributed by atoms with E-state index < -0.39 is 0 Å². The van der Waals surface area contributed by atoms with Gasteiger partial charge in [0.25, 0.3) is 0 Å². The van der Waals surface area contributed by atoms with Crippen LogP contribution in [0.2, 0.25) is 0 Å². The van der Waals surface area contributed by atoms with Gasteiger partial charge < -0.3 is 4.74 Å². The average Bonchev–Trinajstić information content (AvgIpc) is 2.19. The van der Waals surface area contributed by atoms with E-state index in [2.05, 4.69) is 27.0 Å². The third kappa shape index (κ3) is 1.51. The molecule has 88 valence electrons. The fraction of sp³-hybridized carbons (Fsp3) is 0.643. The van der Waals surface area contributed by atoms with Crippen LogP contribution in [0.15, 0.2) is 24.3 Å². The SMILES string of the molecule is C=C(C)C(=O)O[C@@H]1C[C@H]2C[C@@H](C1=C)C2(C)C. The topological polar surface area (TPSA) is 26.3 Å². The molecule has 0 radical (unpaired) electrons. The minimum absolute atomic E-state index is 0.0824. The Morgan fingerprint density at radius 2 is 2.06 bits per heavy atom. The van der Waals surface area contributed by atoms with Crippen molar-refractivity contribution in [3.8, 4) is 0 Å². The van der Waals surface area contributed by atoms with Gasteiger partial charge in [-0.3, -0.25) is 0 Å². The first kappa shape index (κ1) is 11.4. The maximum Gasteiger partial charge on any atom is 0.333 e. The van der Waals surface area contributed by atoms with Gasteiger partial charge in [0.05, 0.1) is 0 Å². The summed E-state index contributed by atoms with van der Waals surface area (Å²) in [5.74, 6) is 0.908. The van der Waals surface area contributed by atoms with Crippen LogP contribution in [-0.4, -0.2) is 12.1 Å². The lowest BCUT2D eigenvalue weighted by atomic mass is 9.47. The van der Waals surface area contributed by atoms with E-state index in [0.29, 0.717) is 22.8 Å². The molecule has 0 amide bonds. The highest BCUT2D eigenvalue weighted by Crippen LogP contribution is 2.61. The van der Waals surface area contributed by atoms with Gasteiger partial charge in [-0.05, 0) is 42.6 Å². The highest BCUT2D eigenvalue weighted by Gasteiger charge is 2.55. The number of fused-ring (bicyclic) bond motifs is 2. The summed E-state index contributed by atoms with van der Waals surface area (Å²) >= 11 is 0. The third-order valence-electron chi connectivity index (χ3n) is 4.43. The minimum Gasteiger partial charge on any atom is -0.454 e. The molecule has 2 heteroatoms. The van der Waals surface area contributed by atoms with E-state index >= 15 is 0 Å². The number of rotatable bonds is 2. The standard InChI is InChI=1S/C14H20O2/c1-8(2)13(15)16-12-7-10-6-11(9(12)3)14(10,4)5/h10-12H,1,3,6-7H2,2,4-5H3/t10-,11+,12-/m1/s1. The fourth-order valence-electron chi connectivity index (χ4n) is 3.03. The molecular formula is C14H20O2. The van der Waals surface area contributed by atoms with Crippen LogP contribution in [0.25, 0.3) is 0 Å². The van der Waals surface area contributed by atoms with Crippen molar-refractivity contribution < 1.29 is 9.53 Å².